The van der Waals surface area contributed by atoms with Crippen molar-refractivity contribution in [2.24, 2.45) is 5.84 Å². The van der Waals surface area contributed by atoms with Crippen molar-refractivity contribution in [3.8, 4) is 0 Å². The summed E-state index contributed by atoms with van der Waals surface area (Å²) in [5.41, 5.74) is 5.98. The molecule has 0 aliphatic rings. The Morgan fingerprint density at radius 1 is 1.15 bits per heavy atom. The Balaban J connectivity index is 2.11. The van der Waals surface area contributed by atoms with Gasteiger partial charge in [-0.2, -0.15) is 0 Å². The summed E-state index contributed by atoms with van der Waals surface area (Å²) >= 11 is 3.50. The first-order valence-electron chi connectivity index (χ1n) is 6.39. The molecule has 0 bridgehead atoms. The van der Waals surface area contributed by atoms with Gasteiger partial charge in [0, 0.05) is 9.86 Å². The number of aryl methyl sites for hydroxylation is 1. The molecule has 0 aliphatic carbocycles. The molecule has 0 saturated carbocycles. The van der Waals surface area contributed by atoms with Crippen molar-refractivity contribution in [1.82, 2.24) is 5.43 Å². The molecular weight excluding hydrogens is 316 g/mol. The number of rotatable bonds is 3. The smallest absolute Gasteiger partial charge is 0.134 e. The minimum atomic E-state index is -0.167. The summed E-state index contributed by atoms with van der Waals surface area (Å²) in [6, 6.07) is 16.0. The van der Waals surface area contributed by atoms with Gasteiger partial charge in [-0.05, 0) is 42.3 Å². The molecule has 2 aromatic carbocycles. The van der Waals surface area contributed by atoms with Gasteiger partial charge >= 0.3 is 0 Å². The van der Waals surface area contributed by atoms with E-state index < -0.39 is 0 Å². The minimum Gasteiger partial charge on any atom is -0.459 e. The highest BCUT2D eigenvalue weighted by Crippen LogP contribution is 2.30. The maximum atomic E-state index is 5.91. The second-order valence-electron chi connectivity index (χ2n) is 4.79. The van der Waals surface area contributed by atoms with Crippen LogP contribution in [0, 0.1) is 6.92 Å². The predicted molar refractivity (Wildman–Crippen MR) is 84.3 cm³/mol. The van der Waals surface area contributed by atoms with Gasteiger partial charge in [0.15, 0.2) is 0 Å². The van der Waals surface area contributed by atoms with Crippen LogP contribution in [0.1, 0.15) is 22.9 Å². The summed E-state index contributed by atoms with van der Waals surface area (Å²) in [7, 11) is 0. The summed E-state index contributed by atoms with van der Waals surface area (Å²) in [4.78, 5) is 0. The Bertz CT molecular complexity index is 718. The van der Waals surface area contributed by atoms with Crippen LogP contribution in [0.15, 0.2) is 57.4 Å². The monoisotopic (exact) mass is 330 g/mol. The Kier molecular flexibility index (Phi) is 3.61. The first-order chi connectivity index (χ1) is 9.69. The Hall–Kier alpha value is -1.62. The zero-order valence-electron chi connectivity index (χ0n) is 11.1. The van der Waals surface area contributed by atoms with E-state index in [1.807, 2.05) is 36.4 Å². The van der Waals surface area contributed by atoms with Crippen molar-refractivity contribution >= 4 is 26.9 Å². The van der Waals surface area contributed by atoms with E-state index in [4.69, 9.17) is 10.3 Å². The van der Waals surface area contributed by atoms with E-state index >= 15 is 0 Å². The molecule has 1 aromatic heterocycles. The molecular formula is C16H15BrN2O. The largest absolute Gasteiger partial charge is 0.459 e. The normalized spacial score (nSPS) is 12.8. The molecule has 0 amide bonds. The second-order valence-corrected chi connectivity index (χ2v) is 5.70. The third-order valence-electron chi connectivity index (χ3n) is 3.45. The van der Waals surface area contributed by atoms with Gasteiger partial charge in [-0.1, -0.05) is 40.2 Å². The Labute approximate surface area is 125 Å². The Morgan fingerprint density at radius 2 is 1.95 bits per heavy atom. The highest BCUT2D eigenvalue weighted by atomic mass is 79.9. The van der Waals surface area contributed by atoms with Gasteiger partial charge in [0.2, 0.25) is 0 Å². The number of fused-ring (bicyclic) bond motifs is 1. The van der Waals surface area contributed by atoms with Crippen LogP contribution in [0.3, 0.4) is 0 Å². The molecule has 4 heteroatoms. The van der Waals surface area contributed by atoms with Crippen molar-refractivity contribution in [2.45, 2.75) is 13.0 Å². The third kappa shape index (κ3) is 2.38. The molecule has 1 unspecified atom stereocenters. The van der Waals surface area contributed by atoms with E-state index in [-0.39, 0.29) is 6.04 Å². The van der Waals surface area contributed by atoms with Gasteiger partial charge in [-0.25, -0.2) is 5.43 Å². The van der Waals surface area contributed by atoms with Crippen LogP contribution in [0.25, 0.3) is 11.0 Å². The molecule has 0 aliphatic heterocycles. The number of nitrogens with two attached hydrogens (primary N) is 1. The minimum absolute atomic E-state index is 0.167. The molecule has 0 saturated heterocycles. The fraction of sp³-hybridized carbons (Fsp3) is 0.125. The molecule has 3 nitrogen and oxygen atoms in total. The number of para-hydroxylation sites is 1. The SMILES string of the molecule is Cc1ccc(Br)cc1C(NN)c1cc2ccccc2o1. The lowest BCUT2D eigenvalue weighted by molar-refractivity contribution is 0.476. The summed E-state index contributed by atoms with van der Waals surface area (Å²) in [6.45, 7) is 2.06. The number of hydrogen-bond acceptors (Lipinski definition) is 3. The topological polar surface area (TPSA) is 51.2 Å². The van der Waals surface area contributed by atoms with E-state index in [0.717, 1.165) is 32.3 Å². The van der Waals surface area contributed by atoms with Crippen LogP contribution >= 0.6 is 15.9 Å². The number of furan rings is 1. The summed E-state index contributed by atoms with van der Waals surface area (Å²) < 4.78 is 6.94. The fourth-order valence-electron chi connectivity index (χ4n) is 2.39. The molecule has 102 valence electrons. The molecule has 1 atom stereocenters. The third-order valence-corrected chi connectivity index (χ3v) is 3.94. The molecule has 0 radical (unpaired) electrons. The van der Waals surface area contributed by atoms with Gasteiger partial charge in [-0.3, -0.25) is 5.84 Å². The van der Waals surface area contributed by atoms with Crippen LogP contribution in [0.4, 0.5) is 0 Å². The average Bonchev–Trinajstić information content (AvgIpc) is 2.87. The molecule has 1 heterocycles. The molecule has 3 N–H and O–H groups in total. The molecule has 3 rings (SSSR count). The van der Waals surface area contributed by atoms with Crippen LogP contribution in [0.5, 0.6) is 0 Å². The number of nitrogens with one attached hydrogen (secondary N) is 1. The predicted octanol–water partition coefficient (Wildman–Crippen LogP) is 4.06. The van der Waals surface area contributed by atoms with Crippen LogP contribution in [-0.2, 0) is 0 Å². The van der Waals surface area contributed by atoms with Gasteiger partial charge in [0.1, 0.15) is 17.4 Å². The average molecular weight is 331 g/mol. The lowest BCUT2D eigenvalue weighted by Crippen LogP contribution is -2.29. The van der Waals surface area contributed by atoms with Gasteiger partial charge < -0.3 is 4.42 Å². The zero-order chi connectivity index (χ0) is 14.1. The van der Waals surface area contributed by atoms with E-state index in [9.17, 15) is 0 Å². The van der Waals surface area contributed by atoms with Gasteiger partial charge in [0.05, 0.1) is 0 Å². The van der Waals surface area contributed by atoms with Crippen molar-refractivity contribution in [3.05, 3.63) is 69.9 Å². The number of hydrazine groups is 1. The number of benzene rings is 2. The lowest BCUT2D eigenvalue weighted by atomic mass is 10.00. The maximum absolute atomic E-state index is 5.91. The molecule has 20 heavy (non-hydrogen) atoms. The van der Waals surface area contributed by atoms with Gasteiger partial charge in [0.25, 0.3) is 0 Å². The highest BCUT2D eigenvalue weighted by molar-refractivity contribution is 9.10. The quantitative estimate of drug-likeness (QED) is 0.562. The molecule has 3 aromatic rings. The van der Waals surface area contributed by atoms with Crippen LogP contribution in [-0.4, -0.2) is 0 Å². The van der Waals surface area contributed by atoms with Crippen LogP contribution < -0.4 is 11.3 Å². The fourth-order valence-corrected chi connectivity index (χ4v) is 2.77. The first kappa shape index (κ1) is 13.4. The maximum Gasteiger partial charge on any atom is 0.134 e. The Morgan fingerprint density at radius 3 is 2.70 bits per heavy atom. The second kappa shape index (κ2) is 5.40. The van der Waals surface area contributed by atoms with Gasteiger partial charge in [-0.15, -0.1) is 0 Å². The van der Waals surface area contributed by atoms with Crippen molar-refractivity contribution in [1.29, 1.82) is 0 Å². The highest BCUT2D eigenvalue weighted by Gasteiger charge is 2.19. The zero-order valence-corrected chi connectivity index (χ0v) is 12.6. The van der Waals surface area contributed by atoms with Crippen LogP contribution in [0.2, 0.25) is 0 Å². The van der Waals surface area contributed by atoms with E-state index in [1.165, 1.54) is 0 Å². The van der Waals surface area contributed by atoms with E-state index in [0.29, 0.717) is 0 Å². The van der Waals surface area contributed by atoms with E-state index in [2.05, 4.69) is 40.4 Å². The van der Waals surface area contributed by atoms with E-state index in [1.54, 1.807) is 0 Å². The summed E-state index contributed by atoms with van der Waals surface area (Å²) in [5, 5.41) is 1.08. The number of hydrogen-bond donors (Lipinski definition) is 2. The standard InChI is InChI=1S/C16H15BrN2O/c1-10-6-7-12(17)9-13(10)16(19-18)15-8-11-4-2-3-5-14(11)20-15/h2-9,16,19H,18H2,1H3. The lowest BCUT2D eigenvalue weighted by Gasteiger charge is -2.16. The molecule has 0 spiro atoms. The van der Waals surface area contributed by atoms with Crippen molar-refractivity contribution in [2.75, 3.05) is 0 Å². The summed E-state index contributed by atoms with van der Waals surface area (Å²) in [6.07, 6.45) is 0. The van der Waals surface area contributed by atoms with Crippen molar-refractivity contribution in [3.63, 3.8) is 0 Å². The first-order valence-corrected chi connectivity index (χ1v) is 7.19. The molecule has 0 fully saturated rings. The number of halogens is 1. The van der Waals surface area contributed by atoms with Crippen molar-refractivity contribution < 1.29 is 4.42 Å². The summed E-state index contributed by atoms with van der Waals surface area (Å²) in [5.74, 6) is 6.57.